The number of fused-ring (bicyclic) bond motifs is 2. The number of para-hydroxylation sites is 1. The Balaban J connectivity index is 1.66. The van der Waals surface area contributed by atoms with Crippen molar-refractivity contribution in [3.63, 3.8) is 0 Å². The van der Waals surface area contributed by atoms with Crippen LogP contribution in [0.3, 0.4) is 0 Å². The van der Waals surface area contributed by atoms with Crippen LogP contribution in [0.1, 0.15) is 12.0 Å². The minimum Gasteiger partial charge on any atom is -0.482 e. The molecule has 4 rings (SSSR count). The van der Waals surface area contributed by atoms with Gasteiger partial charge in [-0.05, 0) is 30.5 Å². The number of nitrogens with zero attached hydrogens (tertiary/aromatic N) is 3. The van der Waals surface area contributed by atoms with Gasteiger partial charge in [0.25, 0.3) is 11.6 Å². The Hall–Kier alpha value is -3.49. The van der Waals surface area contributed by atoms with E-state index in [1.807, 2.05) is 0 Å². The van der Waals surface area contributed by atoms with Crippen LogP contribution in [0.2, 0.25) is 0 Å². The van der Waals surface area contributed by atoms with Crippen molar-refractivity contribution in [3.8, 4) is 5.75 Å². The number of ether oxygens (including phenoxy) is 1. The summed E-state index contributed by atoms with van der Waals surface area (Å²) in [7, 11) is 0. The summed E-state index contributed by atoms with van der Waals surface area (Å²) in [6.07, 6.45) is 1.35. The zero-order valence-corrected chi connectivity index (χ0v) is 14.8. The van der Waals surface area contributed by atoms with Crippen LogP contribution in [0.4, 0.5) is 21.5 Å². The molecule has 0 unspecified atom stereocenters. The number of hydrogen-bond donors (Lipinski definition) is 0. The second-order valence-corrected chi connectivity index (χ2v) is 6.57. The fourth-order valence-corrected chi connectivity index (χ4v) is 3.55. The van der Waals surface area contributed by atoms with Crippen LogP contribution in [0.15, 0.2) is 36.4 Å². The molecule has 0 saturated carbocycles. The van der Waals surface area contributed by atoms with Crippen LogP contribution in [-0.2, 0) is 16.0 Å². The molecule has 0 saturated heterocycles. The Bertz CT molecular complexity index is 994. The van der Waals surface area contributed by atoms with Crippen LogP contribution in [0.5, 0.6) is 5.75 Å². The summed E-state index contributed by atoms with van der Waals surface area (Å²) in [4.78, 5) is 38.3. The number of nitro groups is 1. The van der Waals surface area contributed by atoms with Crippen LogP contribution < -0.4 is 14.5 Å². The van der Waals surface area contributed by atoms with Crippen LogP contribution in [-0.4, -0.2) is 36.4 Å². The van der Waals surface area contributed by atoms with E-state index < -0.39 is 22.6 Å². The molecule has 8 nitrogen and oxygen atoms in total. The maximum atomic E-state index is 14.3. The highest BCUT2D eigenvalue weighted by molar-refractivity contribution is 6.06. The fraction of sp³-hybridized carbons (Fsp3) is 0.263. The molecule has 28 heavy (non-hydrogen) atoms. The van der Waals surface area contributed by atoms with Crippen molar-refractivity contribution in [1.29, 1.82) is 0 Å². The summed E-state index contributed by atoms with van der Waals surface area (Å²) in [5, 5.41) is 11.1. The van der Waals surface area contributed by atoms with E-state index in [4.69, 9.17) is 4.74 Å². The number of aryl methyl sites for hydroxylation is 1. The fourth-order valence-electron chi connectivity index (χ4n) is 3.55. The monoisotopic (exact) mass is 385 g/mol. The lowest BCUT2D eigenvalue weighted by molar-refractivity contribution is -0.384. The molecular formula is C19H16FN3O5. The summed E-state index contributed by atoms with van der Waals surface area (Å²) >= 11 is 0. The van der Waals surface area contributed by atoms with E-state index >= 15 is 0 Å². The Morgan fingerprint density at radius 1 is 1.29 bits per heavy atom. The van der Waals surface area contributed by atoms with E-state index in [0.29, 0.717) is 19.4 Å². The molecule has 2 aromatic rings. The van der Waals surface area contributed by atoms with Crippen molar-refractivity contribution < 1.29 is 23.6 Å². The van der Waals surface area contributed by atoms with Crippen LogP contribution in [0.25, 0.3) is 0 Å². The average Bonchev–Trinajstić information content (AvgIpc) is 2.69. The second-order valence-electron chi connectivity index (χ2n) is 6.57. The van der Waals surface area contributed by atoms with Gasteiger partial charge in [-0.1, -0.05) is 12.1 Å². The number of carbonyl (C=O) groups is 2. The van der Waals surface area contributed by atoms with Crippen molar-refractivity contribution >= 4 is 28.9 Å². The van der Waals surface area contributed by atoms with Gasteiger partial charge >= 0.3 is 0 Å². The summed E-state index contributed by atoms with van der Waals surface area (Å²) < 4.78 is 19.7. The van der Waals surface area contributed by atoms with E-state index in [2.05, 4.69) is 0 Å². The lowest BCUT2D eigenvalue weighted by Gasteiger charge is -2.33. The van der Waals surface area contributed by atoms with Gasteiger partial charge in [-0.15, -0.1) is 0 Å². The largest absolute Gasteiger partial charge is 0.482 e. The smallest absolute Gasteiger partial charge is 0.271 e. The van der Waals surface area contributed by atoms with Crippen molar-refractivity contribution in [2.45, 2.75) is 12.8 Å². The zero-order chi connectivity index (χ0) is 19.8. The molecular weight excluding hydrogens is 369 g/mol. The topological polar surface area (TPSA) is 93.0 Å². The van der Waals surface area contributed by atoms with Gasteiger partial charge in [-0.25, -0.2) is 4.39 Å². The number of halogens is 1. The SMILES string of the molecule is O=C1COc2ccc([N+](=O)[O-])cc2N1CC(=O)N1CCCc2cccc(F)c21. The van der Waals surface area contributed by atoms with E-state index in [1.54, 1.807) is 12.1 Å². The van der Waals surface area contributed by atoms with Crippen LogP contribution >= 0.6 is 0 Å². The third-order valence-corrected chi connectivity index (χ3v) is 4.86. The Morgan fingerprint density at radius 3 is 2.89 bits per heavy atom. The predicted molar refractivity (Wildman–Crippen MR) is 98.0 cm³/mol. The zero-order valence-electron chi connectivity index (χ0n) is 14.8. The molecule has 0 N–H and O–H groups in total. The third kappa shape index (κ3) is 3.04. The molecule has 144 valence electrons. The number of hydrogen-bond acceptors (Lipinski definition) is 5. The van der Waals surface area contributed by atoms with E-state index in [1.165, 1.54) is 29.2 Å². The van der Waals surface area contributed by atoms with Gasteiger partial charge in [0.15, 0.2) is 6.61 Å². The highest BCUT2D eigenvalue weighted by atomic mass is 19.1. The lowest BCUT2D eigenvalue weighted by Crippen LogP contribution is -2.48. The summed E-state index contributed by atoms with van der Waals surface area (Å²) in [6.45, 7) is -0.291. The number of non-ortho nitro benzene ring substituents is 1. The van der Waals surface area contributed by atoms with Crippen molar-refractivity contribution in [2.75, 3.05) is 29.5 Å². The first-order valence-electron chi connectivity index (χ1n) is 8.75. The summed E-state index contributed by atoms with van der Waals surface area (Å²) in [5.41, 5.74) is 0.913. The number of nitro benzene ring substituents is 1. The lowest BCUT2D eigenvalue weighted by atomic mass is 10.0. The number of rotatable bonds is 3. The highest BCUT2D eigenvalue weighted by Gasteiger charge is 2.32. The number of anilines is 2. The Kier molecular flexibility index (Phi) is 4.42. The molecule has 2 aliphatic rings. The molecule has 0 bridgehead atoms. The maximum absolute atomic E-state index is 14.3. The molecule has 0 radical (unpaired) electrons. The number of amides is 2. The molecule has 0 atom stereocenters. The summed E-state index contributed by atoms with van der Waals surface area (Å²) in [5.74, 6) is -1.16. The van der Waals surface area contributed by atoms with Gasteiger partial charge in [0.05, 0.1) is 16.3 Å². The minimum atomic E-state index is -0.588. The van der Waals surface area contributed by atoms with Gasteiger partial charge in [0.1, 0.15) is 18.1 Å². The van der Waals surface area contributed by atoms with Gasteiger partial charge in [0.2, 0.25) is 5.91 Å². The Labute approximate surface area is 159 Å². The van der Waals surface area contributed by atoms with Crippen molar-refractivity contribution in [1.82, 2.24) is 0 Å². The predicted octanol–water partition coefficient (Wildman–Crippen LogP) is 2.44. The van der Waals surface area contributed by atoms with Crippen LogP contribution in [0, 0.1) is 15.9 Å². The quantitative estimate of drug-likeness (QED) is 0.598. The first-order chi connectivity index (χ1) is 13.5. The number of benzene rings is 2. The molecule has 2 heterocycles. The van der Waals surface area contributed by atoms with Gasteiger partial charge in [0, 0.05) is 18.7 Å². The van der Waals surface area contributed by atoms with Gasteiger partial charge in [-0.2, -0.15) is 0 Å². The van der Waals surface area contributed by atoms with Crippen molar-refractivity contribution in [3.05, 3.63) is 57.9 Å². The maximum Gasteiger partial charge on any atom is 0.271 e. The normalized spacial score (nSPS) is 15.5. The average molecular weight is 385 g/mol. The van der Waals surface area contributed by atoms with E-state index in [-0.39, 0.29) is 36.0 Å². The highest BCUT2D eigenvalue weighted by Crippen LogP contribution is 2.36. The third-order valence-electron chi connectivity index (χ3n) is 4.86. The first-order valence-corrected chi connectivity index (χ1v) is 8.75. The molecule has 2 amide bonds. The molecule has 0 aliphatic carbocycles. The minimum absolute atomic E-state index is 0.157. The summed E-state index contributed by atoms with van der Waals surface area (Å²) in [6, 6.07) is 8.53. The molecule has 2 aromatic carbocycles. The molecule has 0 aromatic heterocycles. The molecule has 0 spiro atoms. The van der Waals surface area contributed by atoms with E-state index in [9.17, 15) is 24.1 Å². The standard InChI is InChI=1S/C19H16FN3O5/c20-14-5-1-3-12-4-2-8-21(19(12)14)17(24)10-22-15-9-13(23(26)27)6-7-16(15)28-11-18(22)25/h1,3,5-7,9H,2,4,8,10-11H2. The molecule has 0 fully saturated rings. The van der Waals surface area contributed by atoms with Gasteiger partial charge in [-0.3, -0.25) is 24.6 Å². The Morgan fingerprint density at radius 2 is 2.11 bits per heavy atom. The molecule has 2 aliphatic heterocycles. The first kappa shape index (κ1) is 17.9. The second kappa shape index (κ2) is 6.91. The molecule has 9 heteroatoms. The van der Waals surface area contributed by atoms with E-state index in [0.717, 1.165) is 10.5 Å². The number of carbonyl (C=O) groups excluding carboxylic acids is 2. The van der Waals surface area contributed by atoms with Gasteiger partial charge < -0.3 is 9.64 Å². The van der Waals surface area contributed by atoms with Crippen molar-refractivity contribution in [2.24, 2.45) is 0 Å².